The molecule has 1 aromatic carbocycles. The van der Waals surface area contributed by atoms with Crippen molar-refractivity contribution in [2.75, 3.05) is 5.32 Å². The van der Waals surface area contributed by atoms with Gasteiger partial charge in [0.1, 0.15) is 11.4 Å². The lowest BCUT2D eigenvalue weighted by molar-refractivity contribution is -0.384. The van der Waals surface area contributed by atoms with E-state index in [1.165, 1.54) is 12.1 Å². The summed E-state index contributed by atoms with van der Waals surface area (Å²) in [5.41, 5.74) is 1.34. The molecule has 2 aromatic rings. The largest absolute Gasteiger partial charge is 0.508 e. The number of rotatable bonds is 4. The molecule has 94 valence electrons. The fourth-order valence-corrected chi connectivity index (χ4v) is 2.39. The fourth-order valence-electron chi connectivity index (χ4n) is 1.63. The van der Waals surface area contributed by atoms with Crippen molar-refractivity contribution in [3.05, 3.63) is 50.7 Å². The zero-order valence-corrected chi connectivity index (χ0v) is 10.5. The van der Waals surface area contributed by atoms with Crippen LogP contribution in [0, 0.1) is 10.1 Å². The van der Waals surface area contributed by atoms with E-state index >= 15 is 0 Å². The van der Waals surface area contributed by atoms with Crippen LogP contribution < -0.4 is 5.32 Å². The summed E-state index contributed by atoms with van der Waals surface area (Å²) in [5, 5.41) is 27.2. The molecule has 5 nitrogen and oxygen atoms in total. The lowest BCUT2D eigenvalue weighted by Gasteiger charge is -2.14. The molecule has 0 saturated heterocycles. The number of hydrogen-bond acceptors (Lipinski definition) is 5. The molecule has 0 saturated carbocycles. The smallest absolute Gasteiger partial charge is 0.296 e. The lowest BCUT2D eigenvalue weighted by Crippen LogP contribution is -2.07. The summed E-state index contributed by atoms with van der Waals surface area (Å²) in [6.45, 7) is 1.93. The minimum Gasteiger partial charge on any atom is -0.508 e. The monoisotopic (exact) mass is 264 g/mol. The Labute approximate surface area is 108 Å². The number of benzene rings is 1. The minimum absolute atomic E-state index is 0.0282. The SMILES string of the molecule is CC(Nc1ccc(O)cc1[N+](=O)[O-])c1ccsc1. The molecule has 0 radical (unpaired) electrons. The third-order valence-electron chi connectivity index (χ3n) is 2.59. The Bertz CT molecular complexity index is 554. The molecular formula is C12H12N2O3S. The Hall–Kier alpha value is -2.08. The van der Waals surface area contributed by atoms with Crippen molar-refractivity contribution in [2.45, 2.75) is 13.0 Å². The Morgan fingerprint density at radius 2 is 2.22 bits per heavy atom. The van der Waals surface area contributed by atoms with Gasteiger partial charge in [-0.1, -0.05) is 0 Å². The van der Waals surface area contributed by atoms with E-state index in [1.54, 1.807) is 11.3 Å². The highest BCUT2D eigenvalue weighted by Crippen LogP contribution is 2.31. The molecule has 0 fully saturated rings. The number of nitrogens with zero attached hydrogens (tertiary/aromatic N) is 1. The van der Waals surface area contributed by atoms with E-state index in [-0.39, 0.29) is 17.5 Å². The quantitative estimate of drug-likeness (QED) is 0.503. The van der Waals surface area contributed by atoms with Gasteiger partial charge in [-0.15, -0.1) is 0 Å². The predicted octanol–water partition coefficient (Wildman–Crippen LogP) is 3.54. The van der Waals surface area contributed by atoms with Crippen molar-refractivity contribution in [2.24, 2.45) is 0 Å². The average Bonchev–Trinajstić information content (AvgIpc) is 2.84. The molecule has 0 aliphatic carbocycles. The van der Waals surface area contributed by atoms with Gasteiger partial charge in [0.2, 0.25) is 0 Å². The number of nitrogens with one attached hydrogen (secondary N) is 1. The molecule has 6 heteroatoms. The fraction of sp³-hybridized carbons (Fsp3) is 0.167. The summed E-state index contributed by atoms with van der Waals surface area (Å²) in [5.74, 6) is -0.115. The van der Waals surface area contributed by atoms with Gasteiger partial charge < -0.3 is 10.4 Å². The van der Waals surface area contributed by atoms with Gasteiger partial charge in [-0.05, 0) is 41.4 Å². The number of nitro benzene ring substituents is 1. The first-order chi connectivity index (χ1) is 8.58. The van der Waals surface area contributed by atoms with Crippen LogP contribution in [0.15, 0.2) is 35.0 Å². The van der Waals surface area contributed by atoms with Gasteiger partial charge in [-0.3, -0.25) is 10.1 Å². The van der Waals surface area contributed by atoms with Crippen molar-refractivity contribution in [1.82, 2.24) is 0 Å². The molecule has 0 amide bonds. The van der Waals surface area contributed by atoms with Crippen LogP contribution in [-0.2, 0) is 0 Å². The molecule has 1 heterocycles. The van der Waals surface area contributed by atoms with Crippen molar-refractivity contribution >= 4 is 22.7 Å². The maximum absolute atomic E-state index is 10.9. The van der Waals surface area contributed by atoms with E-state index in [0.717, 1.165) is 11.6 Å². The van der Waals surface area contributed by atoms with Gasteiger partial charge in [-0.25, -0.2) is 0 Å². The zero-order valence-electron chi connectivity index (χ0n) is 9.66. The topological polar surface area (TPSA) is 75.4 Å². The van der Waals surface area contributed by atoms with Gasteiger partial charge >= 0.3 is 0 Å². The number of anilines is 1. The molecule has 0 aliphatic rings. The van der Waals surface area contributed by atoms with E-state index in [2.05, 4.69) is 5.32 Å². The van der Waals surface area contributed by atoms with Crippen LogP contribution >= 0.6 is 11.3 Å². The summed E-state index contributed by atoms with van der Waals surface area (Å²) >= 11 is 1.58. The number of phenolic OH excluding ortho intramolecular Hbond substituents is 1. The van der Waals surface area contributed by atoms with Crippen molar-refractivity contribution < 1.29 is 10.0 Å². The molecule has 0 bridgehead atoms. The first-order valence-corrected chi connectivity index (χ1v) is 6.28. The second-order valence-corrected chi connectivity index (χ2v) is 4.66. The first-order valence-electron chi connectivity index (χ1n) is 5.34. The highest BCUT2D eigenvalue weighted by atomic mass is 32.1. The van der Waals surface area contributed by atoms with Crippen molar-refractivity contribution in [1.29, 1.82) is 0 Å². The predicted molar refractivity (Wildman–Crippen MR) is 71.1 cm³/mol. The highest BCUT2D eigenvalue weighted by molar-refractivity contribution is 7.07. The average molecular weight is 264 g/mol. The van der Waals surface area contributed by atoms with Gasteiger partial charge in [0.05, 0.1) is 11.0 Å². The number of aromatic hydroxyl groups is 1. The Morgan fingerprint density at radius 1 is 1.44 bits per heavy atom. The zero-order chi connectivity index (χ0) is 13.1. The van der Waals surface area contributed by atoms with E-state index < -0.39 is 4.92 Å². The number of hydrogen-bond donors (Lipinski definition) is 2. The van der Waals surface area contributed by atoms with E-state index in [4.69, 9.17) is 0 Å². The van der Waals surface area contributed by atoms with E-state index in [9.17, 15) is 15.2 Å². The second-order valence-electron chi connectivity index (χ2n) is 3.88. The van der Waals surface area contributed by atoms with Crippen LogP contribution in [0.1, 0.15) is 18.5 Å². The number of nitro groups is 1. The summed E-state index contributed by atoms with van der Waals surface area (Å²) in [4.78, 5) is 10.4. The van der Waals surface area contributed by atoms with Crippen molar-refractivity contribution in [3.63, 3.8) is 0 Å². The van der Waals surface area contributed by atoms with Crippen molar-refractivity contribution in [3.8, 4) is 5.75 Å². The first kappa shape index (κ1) is 12.4. The summed E-state index contributed by atoms with van der Waals surface area (Å²) in [6.07, 6.45) is 0. The second kappa shape index (κ2) is 5.05. The third-order valence-corrected chi connectivity index (χ3v) is 3.29. The Kier molecular flexibility index (Phi) is 3.47. The Balaban J connectivity index is 2.26. The molecule has 1 aromatic heterocycles. The van der Waals surface area contributed by atoms with E-state index in [0.29, 0.717) is 5.69 Å². The standard InChI is InChI=1S/C12H12N2O3S/c1-8(9-4-5-18-7-9)13-11-3-2-10(15)6-12(11)14(16)17/h2-8,13,15H,1H3. The Morgan fingerprint density at radius 3 is 2.83 bits per heavy atom. The molecule has 0 spiro atoms. The van der Waals surface area contributed by atoms with Crippen LogP contribution in [0.2, 0.25) is 0 Å². The molecule has 1 atom stereocenters. The number of phenols is 1. The summed E-state index contributed by atoms with van der Waals surface area (Å²) < 4.78 is 0. The molecule has 2 N–H and O–H groups in total. The normalized spacial score (nSPS) is 12.1. The third kappa shape index (κ3) is 2.60. The molecule has 1 unspecified atom stereocenters. The van der Waals surface area contributed by atoms with Gasteiger partial charge in [0.15, 0.2) is 0 Å². The molecular weight excluding hydrogens is 252 g/mol. The highest BCUT2D eigenvalue weighted by Gasteiger charge is 2.16. The van der Waals surface area contributed by atoms with E-state index in [1.807, 2.05) is 23.8 Å². The maximum atomic E-state index is 10.9. The van der Waals surface area contributed by atoms with Crippen LogP contribution in [0.3, 0.4) is 0 Å². The van der Waals surface area contributed by atoms with Crippen LogP contribution in [0.25, 0.3) is 0 Å². The lowest BCUT2D eigenvalue weighted by atomic mass is 10.1. The van der Waals surface area contributed by atoms with Crippen LogP contribution in [-0.4, -0.2) is 10.0 Å². The maximum Gasteiger partial charge on any atom is 0.296 e. The van der Waals surface area contributed by atoms with Gasteiger partial charge in [-0.2, -0.15) is 11.3 Å². The molecule has 2 rings (SSSR count). The van der Waals surface area contributed by atoms with Gasteiger partial charge in [0, 0.05) is 6.04 Å². The summed E-state index contributed by atoms with van der Waals surface area (Å²) in [7, 11) is 0. The minimum atomic E-state index is -0.512. The summed E-state index contributed by atoms with van der Waals surface area (Å²) in [6, 6.07) is 6.02. The van der Waals surface area contributed by atoms with Crippen LogP contribution in [0.5, 0.6) is 5.75 Å². The molecule has 18 heavy (non-hydrogen) atoms. The van der Waals surface area contributed by atoms with Crippen LogP contribution in [0.4, 0.5) is 11.4 Å². The number of thiophene rings is 1. The van der Waals surface area contributed by atoms with Gasteiger partial charge in [0.25, 0.3) is 5.69 Å². The molecule has 0 aliphatic heterocycles.